The molecule has 2 aromatic carbocycles. The smallest absolute Gasteiger partial charge is 0.366 e. The third kappa shape index (κ3) is 6.61. The summed E-state index contributed by atoms with van der Waals surface area (Å²) >= 11 is 0. The summed E-state index contributed by atoms with van der Waals surface area (Å²) in [6.45, 7) is 3.44. The van der Waals surface area contributed by atoms with Crippen molar-refractivity contribution < 1.29 is 34.2 Å². The molecule has 0 unspecified atom stereocenters. The van der Waals surface area contributed by atoms with E-state index in [0.717, 1.165) is 17.0 Å². The topological polar surface area (TPSA) is 223 Å². The van der Waals surface area contributed by atoms with Crippen LogP contribution in [0.15, 0.2) is 76.2 Å². The van der Waals surface area contributed by atoms with E-state index in [-0.39, 0.29) is 35.0 Å². The quantitative estimate of drug-likeness (QED) is 0.0846. The Balaban J connectivity index is 1.32. The number of amidine groups is 1. The molecule has 1 aliphatic heterocycles. The summed E-state index contributed by atoms with van der Waals surface area (Å²) in [6, 6.07) is 14.4. The summed E-state index contributed by atoms with van der Waals surface area (Å²) in [7, 11) is 1.53. The zero-order valence-electron chi connectivity index (χ0n) is 24.8. The Morgan fingerprint density at radius 1 is 1.04 bits per heavy atom. The Kier molecular flexibility index (Phi) is 8.39. The standard InChI is InChI=1S/C31H29N7O8/c1-16-13-22-23(15-38(29(22)41)21-9-7-18(8-10-21)25-17(2)46-37(3)30(25)42)26(34-16)28(40)35-20-6-4-5-19(14-20)27(39)36-24(32)11-12-33-31(43,44)45/h4-14,33,43-45H,15H2,1-3H3,(H,35,40)(H2,32,36,39)/b12-11-. The van der Waals surface area contributed by atoms with Gasteiger partial charge in [-0.25, -0.2) is 4.98 Å². The van der Waals surface area contributed by atoms with E-state index in [4.69, 9.17) is 25.3 Å². The molecule has 0 bridgehead atoms. The number of fused-ring (bicyclic) bond motifs is 1. The van der Waals surface area contributed by atoms with Gasteiger partial charge in [0.25, 0.3) is 23.3 Å². The first-order chi connectivity index (χ1) is 21.7. The normalized spacial score (nSPS) is 12.7. The van der Waals surface area contributed by atoms with Gasteiger partial charge in [-0.2, -0.15) is 4.74 Å². The van der Waals surface area contributed by atoms with E-state index < -0.39 is 23.7 Å². The van der Waals surface area contributed by atoms with Gasteiger partial charge in [-0.3, -0.25) is 24.6 Å². The molecule has 236 valence electrons. The maximum atomic E-state index is 13.5. The van der Waals surface area contributed by atoms with Crippen LogP contribution >= 0.6 is 0 Å². The summed E-state index contributed by atoms with van der Waals surface area (Å²) < 4.78 is 6.52. The summed E-state index contributed by atoms with van der Waals surface area (Å²) in [5.41, 5.74) is 2.96. The van der Waals surface area contributed by atoms with Crippen molar-refractivity contribution >= 4 is 34.9 Å². The van der Waals surface area contributed by atoms with Crippen LogP contribution in [0.1, 0.15) is 48.2 Å². The van der Waals surface area contributed by atoms with Crippen molar-refractivity contribution in [2.24, 2.45) is 7.05 Å². The highest BCUT2D eigenvalue weighted by atomic mass is 16.7. The van der Waals surface area contributed by atoms with Crippen molar-refractivity contribution in [2.75, 3.05) is 10.2 Å². The fourth-order valence-electron chi connectivity index (χ4n) is 4.96. The van der Waals surface area contributed by atoms with E-state index in [9.17, 15) is 19.2 Å². The highest BCUT2D eigenvalue weighted by molar-refractivity contribution is 6.14. The molecule has 2 aromatic heterocycles. The second kappa shape index (κ2) is 12.2. The maximum absolute atomic E-state index is 13.5. The molecule has 3 heterocycles. The average molecular weight is 628 g/mol. The third-order valence-corrected chi connectivity index (χ3v) is 7.01. The van der Waals surface area contributed by atoms with Crippen molar-refractivity contribution in [3.63, 3.8) is 0 Å². The number of amides is 3. The van der Waals surface area contributed by atoms with E-state index in [1.165, 1.54) is 30.1 Å². The van der Waals surface area contributed by atoms with Gasteiger partial charge in [0.2, 0.25) is 0 Å². The zero-order chi connectivity index (χ0) is 33.3. The van der Waals surface area contributed by atoms with Gasteiger partial charge >= 0.3 is 6.10 Å². The Hall–Kier alpha value is -5.90. The highest BCUT2D eigenvalue weighted by Crippen LogP contribution is 2.32. The number of aliphatic hydroxyl groups is 3. The molecule has 0 saturated heterocycles. The summed E-state index contributed by atoms with van der Waals surface area (Å²) in [5.74, 6) is -1.57. The van der Waals surface area contributed by atoms with Crippen LogP contribution < -0.4 is 26.4 Å². The van der Waals surface area contributed by atoms with Gasteiger partial charge in [0, 0.05) is 47.0 Å². The number of benzene rings is 2. The fourth-order valence-corrected chi connectivity index (χ4v) is 4.96. The van der Waals surface area contributed by atoms with E-state index in [0.29, 0.717) is 39.4 Å². The van der Waals surface area contributed by atoms with Crippen LogP contribution in [-0.2, 0) is 13.6 Å². The Labute approximate surface area is 260 Å². The molecule has 0 saturated carbocycles. The molecule has 0 fully saturated rings. The van der Waals surface area contributed by atoms with Crippen molar-refractivity contribution in [3.8, 4) is 11.1 Å². The zero-order valence-corrected chi connectivity index (χ0v) is 24.8. The Bertz CT molecular complexity index is 1970. The van der Waals surface area contributed by atoms with E-state index in [1.54, 1.807) is 55.6 Å². The molecule has 15 nitrogen and oxygen atoms in total. The molecule has 4 aromatic rings. The van der Waals surface area contributed by atoms with Crippen molar-refractivity contribution in [1.29, 1.82) is 5.41 Å². The number of carbonyl (C=O) groups is 3. The van der Waals surface area contributed by atoms with Crippen LogP contribution in [0, 0.1) is 19.3 Å². The van der Waals surface area contributed by atoms with E-state index in [1.807, 2.05) is 0 Å². The number of nitrogens with one attached hydrogen (secondary N) is 4. The highest BCUT2D eigenvalue weighted by Gasteiger charge is 2.33. The predicted octanol–water partition coefficient (Wildman–Crippen LogP) is 1.47. The number of carbonyl (C=O) groups excluding carboxylic acids is 3. The first-order valence-corrected chi connectivity index (χ1v) is 13.7. The lowest BCUT2D eigenvalue weighted by Gasteiger charge is -2.16. The van der Waals surface area contributed by atoms with Gasteiger partial charge < -0.3 is 40.7 Å². The minimum absolute atomic E-state index is 0.0435. The van der Waals surface area contributed by atoms with Crippen LogP contribution in [-0.4, -0.2) is 54.7 Å². The molecular weight excluding hydrogens is 598 g/mol. The monoisotopic (exact) mass is 627 g/mol. The predicted molar refractivity (Wildman–Crippen MR) is 165 cm³/mol. The van der Waals surface area contributed by atoms with Gasteiger partial charge in [0.05, 0.1) is 12.1 Å². The SMILES string of the molecule is Cc1cc2c(c(C(=O)Nc3cccc(C(=O)NC(=N)/C=C\NC(O)(O)O)c3)n1)CN(c1ccc(-c3c(C)on(C)c3=O)cc1)C2=O. The van der Waals surface area contributed by atoms with Gasteiger partial charge in [-0.15, -0.1) is 0 Å². The second-order valence-corrected chi connectivity index (χ2v) is 10.4. The van der Waals surface area contributed by atoms with Crippen molar-refractivity contribution in [2.45, 2.75) is 26.5 Å². The average Bonchev–Trinajstić information content (AvgIpc) is 3.45. The largest absolute Gasteiger partial charge is 0.381 e. The van der Waals surface area contributed by atoms with Crippen LogP contribution in [0.2, 0.25) is 0 Å². The summed E-state index contributed by atoms with van der Waals surface area (Å²) in [4.78, 5) is 57.9. The minimum Gasteiger partial charge on any atom is -0.381 e. The van der Waals surface area contributed by atoms with Crippen molar-refractivity contribution in [3.05, 3.63) is 111 Å². The van der Waals surface area contributed by atoms with Gasteiger partial charge in [-0.1, -0.05) is 18.2 Å². The van der Waals surface area contributed by atoms with Crippen LogP contribution in [0.25, 0.3) is 11.1 Å². The number of hydrogen-bond acceptors (Lipinski definition) is 11. The number of anilines is 2. The molecule has 46 heavy (non-hydrogen) atoms. The Morgan fingerprint density at radius 2 is 1.76 bits per heavy atom. The fraction of sp³-hybridized carbons (Fsp3) is 0.161. The minimum atomic E-state index is -3.18. The lowest BCUT2D eigenvalue weighted by Crippen LogP contribution is -2.41. The number of rotatable bonds is 8. The molecular formula is C31H29N7O8. The van der Waals surface area contributed by atoms with Crippen LogP contribution in [0.5, 0.6) is 0 Å². The van der Waals surface area contributed by atoms with Crippen LogP contribution in [0.3, 0.4) is 0 Å². The molecule has 0 atom stereocenters. The number of hydrogen-bond donors (Lipinski definition) is 7. The summed E-state index contributed by atoms with van der Waals surface area (Å²) in [5, 5.41) is 40.9. The lowest BCUT2D eigenvalue weighted by molar-refractivity contribution is -0.324. The molecule has 7 N–H and O–H groups in total. The van der Waals surface area contributed by atoms with E-state index in [2.05, 4.69) is 15.6 Å². The number of pyridine rings is 1. The molecule has 1 aliphatic rings. The lowest BCUT2D eigenvalue weighted by atomic mass is 10.1. The van der Waals surface area contributed by atoms with Crippen LogP contribution in [0.4, 0.5) is 11.4 Å². The summed E-state index contributed by atoms with van der Waals surface area (Å²) in [6.07, 6.45) is -1.37. The molecule has 3 amide bonds. The first kappa shape index (κ1) is 31.5. The number of aryl methyl sites for hydroxylation is 3. The Morgan fingerprint density at radius 3 is 2.41 bits per heavy atom. The molecule has 0 aliphatic carbocycles. The van der Waals surface area contributed by atoms with Gasteiger partial charge in [0.15, 0.2) is 0 Å². The molecule has 15 heteroatoms. The third-order valence-electron chi connectivity index (χ3n) is 7.01. The number of nitrogens with zero attached hydrogens (tertiary/aromatic N) is 3. The van der Waals surface area contributed by atoms with Gasteiger partial charge in [-0.05, 0) is 61.9 Å². The van der Waals surface area contributed by atoms with E-state index >= 15 is 0 Å². The molecule has 5 rings (SSSR count). The molecule has 0 spiro atoms. The van der Waals surface area contributed by atoms with Gasteiger partial charge in [0.1, 0.15) is 17.3 Å². The van der Waals surface area contributed by atoms with Crippen molar-refractivity contribution in [1.82, 2.24) is 20.4 Å². The number of aromatic nitrogens is 2. The maximum Gasteiger partial charge on any atom is 0.366 e. The second-order valence-electron chi connectivity index (χ2n) is 10.4. The first-order valence-electron chi connectivity index (χ1n) is 13.7. The molecule has 0 radical (unpaired) electrons.